The zero-order valence-corrected chi connectivity index (χ0v) is 8.30. The van der Waals surface area contributed by atoms with Gasteiger partial charge in [-0.2, -0.15) is 12.1 Å². The van der Waals surface area contributed by atoms with E-state index in [0.717, 1.165) is 0 Å². The van der Waals surface area contributed by atoms with Crippen LogP contribution in [0.5, 0.6) is 0 Å². The van der Waals surface area contributed by atoms with Gasteiger partial charge in [0.15, 0.2) is 0 Å². The molecule has 0 spiro atoms. The first-order chi connectivity index (χ1) is 3.39. The minimum atomic E-state index is 0. The fourth-order valence-electron chi connectivity index (χ4n) is 0.394. The first-order valence-electron chi connectivity index (χ1n) is 2.18. The van der Waals surface area contributed by atoms with Crippen LogP contribution in [0.1, 0.15) is 5.56 Å². The summed E-state index contributed by atoms with van der Waals surface area (Å²) in [5.74, 6) is 0. The van der Waals surface area contributed by atoms with Gasteiger partial charge >= 0.3 is 51.4 Å². The topological polar surface area (TPSA) is 12.9 Å². The molecule has 0 saturated carbocycles. The Balaban J connectivity index is 0.000000490. The summed E-state index contributed by atoms with van der Waals surface area (Å²) in [6.45, 7) is 2.00. The largest absolute Gasteiger partial charge is 1.00 e. The molecular weight excluding hydrogens is 125 g/mol. The fourth-order valence-corrected chi connectivity index (χ4v) is 0.394. The van der Waals surface area contributed by atoms with Crippen LogP contribution in [0.15, 0.2) is 18.3 Å². The smallest absolute Gasteiger partial charge is 0.394 e. The summed E-state index contributed by atoms with van der Waals surface area (Å²) < 4.78 is 0. The summed E-state index contributed by atoms with van der Waals surface area (Å²) in [5, 5.41) is 0. The third kappa shape index (κ3) is 2.94. The molecule has 0 aliphatic carbocycles. The van der Waals surface area contributed by atoms with Crippen molar-refractivity contribution in [3.05, 3.63) is 30.1 Å². The molecule has 0 N–H and O–H groups in total. The summed E-state index contributed by atoms with van der Waals surface area (Å²) in [7, 11) is 0. The summed E-state index contributed by atoms with van der Waals surface area (Å²) in [5.41, 5.74) is 1.18. The Bertz CT molecular complexity index is 138. The van der Waals surface area contributed by atoms with Crippen LogP contribution in [0.3, 0.4) is 0 Å². The molecule has 8 heavy (non-hydrogen) atoms. The molecule has 0 atom stereocenters. The quantitative estimate of drug-likeness (QED) is 0.299. The number of aromatic nitrogens is 1. The summed E-state index contributed by atoms with van der Waals surface area (Å²) in [6.07, 6.45) is 4.46. The predicted molar refractivity (Wildman–Crippen MR) is 27.8 cm³/mol. The average Bonchev–Trinajstić information content (AvgIpc) is 1.69. The van der Waals surface area contributed by atoms with Crippen molar-refractivity contribution in [2.45, 2.75) is 6.92 Å². The van der Waals surface area contributed by atoms with E-state index in [1.807, 2.05) is 13.0 Å². The summed E-state index contributed by atoms with van der Waals surface area (Å²) >= 11 is 0. The van der Waals surface area contributed by atoms with Crippen LogP contribution >= 0.6 is 0 Å². The number of nitrogens with zero attached hydrogens (tertiary/aromatic N) is 1. The van der Waals surface area contributed by atoms with E-state index in [9.17, 15) is 0 Å². The van der Waals surface area contributed by atoms with Crippen molar-refractivity contribution in [3.8, 4) is 0 Å². The minimum absolute atomic E-state index is 0. The monoisotopic (exact) mass is 131 g/mol. The molecule has 1 nitrogen and oxygen atoms in total. The van der Waals surface area contributed by atoms with E-state index in [1.54, 1.807) is 12.3 Å². The Morgan fingerprint density at radius 3 is 2.62 bits per heavy atom. The second kappa shape index (κ2) is 4.65. The molecule has 36 valence electrons. The van der Waals surface area contributed by atoms with Crippen molar-refractivity contribution in [1.82, 2.24) is 4.98 Å². The maximum absolute atomic E-state index is 3.76. The van der Waals surface area contributed by atoms with Gasteiger partial charge in [-0.1, -0.05) is 19.3 Å². The molecule has 1 aromatic heterocycles. The molecule has 0 bridgehead atoms. The van der Waals surface area contributed by atoms with Crippen LogP contribution in [0.2, 0.25) is 0 Å². The number of hydrogen-bond donors (Lipinski definition) is 0. The van der Waals surface area contributed by atoms with Crippen LogP contribution in [0.4, 0.5) is 0 Å². The third-order valence-corrected chi connectivity index (χ3v) is 0.763. The zero-order chi connectivity index (χ0) is 5.11. The third-order valence-electron chi connectivity index (χ3n) is 0.763. The molecule has 1 aromatic rings. The van der Waals surface area contributed by atoms with Crippen molar-refractivity contribution in [2.24, 2.45) is 0 Å². The van der Waals surface area contributed by atoms with Crippen molar-refractivity contribution in [1.29, 1.82) is 0 Å². The first-order valence-corrected chi connectivity index (χ1v) is 2.18. The Hall–Kier alpha value is 0.786. The van der Waals surface area contributed by atoms with Crippen molar-refractivity contribution >= 4 is 0 Å². The number of rotatable bonds is 0. The Labute approximate surface area is 91.9 Å². The van der Waals surface area contributed by atoms with E-state index in [1.165, 1.54) is 5.56 Å². The first kappa shape index (κ1) is 8.79. The molecule has 0 saturated heterocycles. The number of aryl methyl sites for hydroxylation is 1. The van der Waals surface area contributed by atoms with E-state index >= 15 is 0 Å². The minimum Gasteiger partial charge on any atom is -0.394 e. The normalized spacial score (nSPS) is 7.62. The molecule has 0 fully saturated rings. The molecule has 0 aliphatic rings. The molecule has 0 radical (unpaired) electrons. The molecule has 0 aliphatic heterocycles. The summed E-state index contributed by atoms with van der Waals surface area (Å²) in [4.78, 5) is 3.76. The van der Waals surface area contributed by atoms with Crippen LogP contribution in [-0.2, 0) is 0 Å². The van der Waals surface area contributed by atoms with Gasteiger partial charge in [0, 0.05) is 0 Å². The molecular formula is C6H6KN. The maximum atomic E-state index is 3.76. The standard InChI is InChI=1S/C6H6N.K/c1-6-3-2-4-7-5-6;/h2-3,5H,1H3;/q-1;+1. The van der Waals surface area contributed by atoms with Crippen LogP contribution < -0.4 is 51.4 Å². The van der Waals surface area contributed by atoms with Gasteiger partial charge in [-0.05, 0) is 0 Å². The van der Waals surface area contributed by atoms with E-state index in [4.69, 9.17) is 0 Å². The second-order valence-electron chi connectivity index (χ2n) is 1.46. The molecule has 2 heteroatoms. The van der Waals surface area contributed by atoms with Crippen LogP contribution in [0, 0.1) is 13.1 Å². The molecule has 0 amide bonds. The van der Waals surface area contributed by atoms with Crippen LogP contribution in [0.25, 0.3) is 0 Å². The van der Waals surface area contributed by atoms with Crippen molar-refractivity contribution < 1.29 is 51.4 Å². The van der Waals surface area contributed by atoms with Gasteiger partial charge in [-0.3, -0.25) is 0 Å². The van der Waals surface area contributed by atoms with Gasteiger partial charge < -0.3 is 4.98 Å². The van der Waals surface area contributed by atoms with E-state index in [2.05, 4.69) is 11.2 Å². The van der Waals surface area contributed by atoms with Gasteiger partial charge in [-0.25, -0.2) is 0 Å². The van der Waals surface area contributed by atoms with E-state index in [-0.39, 0.29) is 51.4 Å². The summed E-state index contributed by atoms with van der Waals surface area (Å²) in [6, 6.07) is 3.77. The fraction of sp³-hybridized carbons (Fsp3) is 0.167. The molecule has 1 heterocycles. The van der Waals surface area contributed by atoms with Gasteiger partial charge in [0.1, 0.15) is 0 Å². The van der Waals surface area contributed by atoms with Gasteiger partial charge in [0.2, 0.25) is 0 Å². The number of hydrogen-bond acceptors (Lipinski definition) is 1. The second-order valence-corrected chi connectivity index (χ2v) is 1.46. The van der Waals surface area contributed by atoms with Crippen molar-refractivity contribution in [2.75, 3.05) is 0 Å². The number of pyridine rings is 1. The average molecular weight is 131 g/mol. The van der Waals surface area contributed by atoms with Gasteiger partial charge in [-0.15, -0.1) is 5.56 Å². The molecule has 0 aromatic carbocycles. The maximum Gasteiger partial charge on any atom is 1.00 e. The Morgan fingerprint density at radius 2 is 2.38 bits per heavy atom. The Morgan fingerprint density at radius 1 is 1.62 bits per heavy atom. The van der Waals surface area contributed by atoms with Gasteiger partial charge in [0.05, 0.1) is 0 Å². The Kier molecular flexibility index (Phi) is 5.10. The molecule has 1 rings (SSSR count). The van der Waals surface area contributed by atoms with Crippen LogP contribution in [-0.4, -0.2) is 4.98 Å². The van der Waals surface area contributed by atoms with Crippen molar-refractivity contribution in [3.63, 3.8) is 0 Å². The van der Waals surface area contributed by atoms with E-state index in [0.29, 0.717) is 0 Å². The predicted octanol–water partition coefficient (Wildman–Crippen LogP) is -1.81. The van der Waals surface area contributed by atoms with Gasteiger partial charge in [0.25, 0.3) is 0 Å². The molecule has 0 unspecified atom stereocenters. The SMILES string of the molecule is Cc1cc[c-]nc1.[K+]. The van der Waals surface area contributed by atoms with E-state index < -0.39 is 0 Å². The zero-order valence-electron chi connectivity index (χ0n) is 5.18.